The molecule has 0 spiro atoms. The second-order valence-corrected chi connectivity index (χ2v) is 7.89. The van der Waals surface area contributed by atoms with Crippen molar-refractivity contribution in [2.24, 2.45) is 5.92 Å². The minimum absolute atomic E-state index is 0.380. The molecule has 100 valence electrons. The molecule has 0 saturated heterocycles. The zero-order chi connectivity index (χ0) is 13.3. The topological polar surface area (TPSA) is 37.4 Å². The van der Waals surface area contributed by atoms with Crippen molar-refractivity contribution < 1.29 is 8.42 Å². The van der Waals surface area contributed by atoms with Crippen molar-refractivity contribution in [2.75, 3.05) is 13.6 Å². The van der Waals surface area contributed by atoms with Gasteiger partial charge in [-0.05, 0) is 49.4 Å². The third-order valence-electron chi connectivity index (χ3n) is 3.58. The van der Waals surface area contributed by atoms with E-state index in [0.717, 1.165) is 22.9 Å². The summed E-state index contributed by atoms with van der Waals surface area (Å²) in [5.74, 6) is 0.543. The van der Waals surface area contributed by atoms with Crippen molar-refractivity contribution >= 4 is 26.0 Å². The summed E-state index contributed by atoms with van der Waals surface area (Å²) >= 11 is 3.39. The van der Waals surface area contributed by atoms with Crippen molar-refractivity contribution in [1.82, 2.24) is 4.31 Å². The third-order valence-corrected chi connectivity index (χ3v) is 6.29. The lowest BCUT2D eigenvalue weighted by molar-refractivity contribution is 0.263. The van der Waals surface area contributed by atoms with Crippen molar-refractivity contribution in [2.45, 2.75) is 31.1 Å². The van der Waals surface area contributed by atoms with E-state index in [-0.39, 0.29) is 0 Å². The second-order valence-electron chi connectivity index (χ2n) is 4.99. The van der Waals surface area contributed by atoms with Gasteiger partial charge >= 0.3 is 0 Å². The van der Waals surface area contributed by atoms with E-state index in [9.17, 15) is 8.42 Å². The lowest BCUT2D eigenvalue weighted by Gasteiger charge is -2.29. The van der Waals surface area contributed by atoms with Gasteiger partial charge in [0, 0.05) is 18.1 Å². The van der Waals surface area contributed by atoms with Crippen LogP contribution in [-0.4, -0.2) is 26.3 Å². The zero-order valence-corrected chi connectivity index (χ0v) is 13.1. The Morgan fingerprint density at radius 3 is 2.56 bits per heavy atom. The Morgan fingerprint density at radius 2 is 2.06 bits per heavy atom. The number of sulfonamides is 1. The van der Waals surface area contributed by atoms with Gasteiger partial charge in [-0.15, -0.1) is 0 Å². The Labute approximate surface area is 117 Å². The van der Waals surface area contributed by atoms with E-state index >= 15 is 0 Å². The number of benzene rings is 1. The summed E-state index contributed by atoms with van der Waals surface area (Å²) in [5.41, 5.74) is 0.938. The van der Waals surface area contributed by atoms with Crippen LogP contribution in [0.3, 0.4) is 0 Å². The van der Waals surface area contributed by atoms with Crippen LogP contribution in [-0.2, 0) is 10.0 Å². The van der Waals surface area contributed by atoms with Gasteiger partial charge in [0.25, 0.3) is 0 Å². The third kappa shape index (κ3) is 2.78. The monoisotopic (exact) mass is 331 g/mol. The molecule has 0 amide bonds. The molecule has 5 heteroatoms. The van der Waals surface area contributed by atoms with Crippen LogP contribution in [0.5, 0.6) is 0 Å². The minimum atomic E-state index is -3.34. The molecule has 0 unspecified atom stereocenters. The summed E-state index contributed by atoms with van der Waals surface area (Å²) in [5, 5.41) is 0. The van der Waals surface area contributed by atoms with Crippen LogP contribution in [0.4, 0.5) is 0 Å². The van der Waals surface area contributed by atoms with Crippen molar-refractivity contribution in [3.63, 3.8) is 0 Å². The van der Waals surface area contributed by atoms with Gasteiger partial charge in [-0.3, -0.25) is 0 Å². The molecule has 3 nitrogen and oxygen atoms in total. The molecule has 18 heavy (non-hydrogen) atoms. The van der Waals surface area contributed by atoms with Crippen LogP contribution >= 0.6 is 15.9 Å². The zero-order valence-electron chi connectivity index (χ0n) is 10.7. The molecule has 1 aromatic rings. The van der Waals surface area contributed by atoms with Crippen LogP contribution < -0.4 is 0 Å². The van der Waals surface area contributed by atoms with Gasteiger partial charge in [0.05, 0.1) is 4.90 Å². The summed E-state index contributed by atoms with van der Waals surface area (Å²) in [6.45, 7) is 2.53. The first kappa shape index (κ1) is 14.0. The second kappa shape index (κ2) is 5.31. The standard InChI is InChI=1S/C13H18BrNO2S/c1-10-8-12(6-7-13(10)14)18(16,17)15(2)9-11-4-3-5-11/h6-8,11H,3-5,9H2,1-2H3. The Kier molecular flexibility index (Phi) is 4.14. The van der Waals surface area contributed by atoms with Crippen molar-refractivity contribution in [3.05, 3.63) is 28.2 Å². The fourth-order valence-electron chi connectivity index (χ4n) is 2.09. The molecule has 0 bridgehead atoms. The first-order valence-electron chi connectivity index (χ1n) is 6.14. The van der Waals surface area contributed by atoms with Gasteiger partial charge in [0.15, 0.2) is 0 Å². The number of nitrogens with zero attached hydrogens (tertiary/aromatic N) is 1. The number of hydrogen-bond donors (Lipinski definition) is 0. The summed E-state index contributed by atoms with van der Waals surface area (Å²) in [7, 11) is -1.67. The lowest BCUT2D eigenvalue weighted by Crippen LogP contribution is -2.34. The molecule has 0 radical (unpaired) electrons. The predicted molar refractivity (Wildman–Crippen MR) is 76.0 cm³/mol. The minimum Gasteiger partial charge on any atom is -0.207 e. The van der Waals surface area contributed by atoms with Crippen molar-refractivity contribution in [1.29, 1.82) is 0 Å². The average molecular weight is 332 g/mol. The maximum absolute atomic E-state index is 12.4. The number of halogens is 1. The molecule has 0 aromatic heterocycles. The van der Waals surface area contributed by atoms with E-state index in [2.05, 4.69) is 15.9 Å². The summed E-state index contributed by atoms with van der Waals surface area (Å²) in [6.07, 6.45) is 3.54. The van der Waals surface area contributed by atoms with Crippen LogP contribution in [0.1, 0.15) is 24.8 Å². The fourth-order valence-corrected chi connectivity index (χ4v) is 3.67. The number of aryl methyl sites for hydroxylation is 1. The smallest absolute Gasteiger partial charge is 0.207 e. The molecule has 0 N–H and O–H groups in total. The fraction of sp³-hybridized carbons (Fsp3) is 0.538. The summed E-state index contributed by atoms with van der Waals surface area (Å²) in [6, 6.07) is 5.17. The highest BCUT2D eigenvalue weighted by molar-refractivity contribution is 9.10. The van der Waals surface area contributed by atoms with Crippen LogP contribution in [0.15, 0.2) is 27.6 Å². The molecular formula is C13H18BrNO2S. The molecule has 1 fully saturated rings. The predicted octanol–water partition coefficient (Wildman–Crippen LogP) is 3.18. The first-order valence-corrected chi connectivity index (χ1v) is 8.37. The van der Waals surface area contributed by atoms with Gasteiger partial charge in [-0.2, -0.15) is 0 Å². The maximum Gasteiger partial charge on any atom is 0.242 e. The Bertz CT molecular complexity index is 538. The molecule has 2 rings (SSSR count). The first-order chi connectivity index (χ1) is 8.41. The average Bonchev–Trinajstić information content (AvgIpc) is 2.26. The Hall–Kier alpha value is -0.390. The van der Waals surface area contributed by atoms with E-state index < -0.39 is 10.0 Å². The van der Waals surface area contributed by atoms with Gasteiger partial charge in [0.1, 0.15) is 0 Å². The number of rotatable bonds is 4. The highest BCUT2D eigenvalue weighted by Gasteiger charge is 2.26. The molecule has 1 aliphatic carbocycles. The maximum atomic E-state index is 12.4. The molecule has 0 atom stereocenters. The molecular weight excluding hydrogens is 314 g/mol. The molecule has 0 aliphatic heterocycles. The normalized spacial score (nSPS) is 16.9. The van der Waals surface area contributed by atoms with Gasteiger partial charge in [-0.1, -0.05) is 22.4 Å². The van der Waals surface area contributed by atoms with Crippen LogP contribution in [0, 0.1) is 12.8 Å². The van der Waals surface area contributed by atoms with Gasteiger partial charge in [0.2, 0.25) is 10.0 Å². The van der Waals surface area contributed by atoms with E-state index in [1.54, 1.807) is 25.2 Å². The van der Waals surface area contributed by atoms with E-state index in [1.807, 2.05) is 6.92 Å². The van der Waals surface area contributed by atoms with E-state index in [1.165, 1.54) is 10.7 Å². The van der Waals surface area contributed by atoms with Crippen LogP contribution in [0.25, 0.3) is 0 Å². The largest absolute Gasteiger partial charge is 0.242 e. The van der Waals surface area contributed by atoms with Crippen LogP contribution in [0.2, 0.25) is 0 Å². The lowest BCUT2D eigenvalue weighted by atomic mass is 9.86. The molecule has 1 aromatic carbocycles. The summed E-state index contributed by atoms with van der Waals surface area (Å²) < 4.78 is 27.2. The quantitative estimate of drug-likeness (QED) is 0.849. The van der Waals surface area contributed by atoms with Crippen molar-refractivity contribution in [3.8, 4) is 0 Å². The SMILES string of the molecule is Cc1cc(S(=O)(=O)N(C)CC2CCC2)ccc1Br. The Morgan fingerprint density at radius 1 is 1.39 bits per heavy atom. The highest BCUT2D eigenvalue weighted by Crippen LogP contribution is 2.29. The molecule has 1 aliphatic rings. The highest BCUT2D eigenvalue weighted by atomic mass is 79.9. The van der Waals surface area contributed by atoms with Gasteiger partial charge in [-0.25, -0.2) is 12.7 Å². The summed E-state index contributed by atoms with van der Waals surface area (Å²) in [4.78, 5) is 0.380. The number of hydrogen-bond acceptors (Lipinski definition) is 2. The van der Waals surface area contributed by atoms with E-state index in [0.29, 0.717) is 17.4 Å². The molecule has 0 heterocycles. The Balaban J connectivity index is 2.20. The van der Waals surface area contributed by atoms with E-state index in [4.69, 9.17) is 0 Å². The van der Waals surface area contributed by atoms with Gasteiger partial charge < -0.3 is 0 Å². The molecule has 1 saturated carbocycles.